The van der Waals surface area contributed by atoms with E-state index < -0.39 is 18.2 Å². The van der Waals surface area contributed by atoms with Crippen LogP contribution >= 0.6 is 0 Å². The van der Waals surface area contributed by atoms with Crippen molar-refractivity contribution >= 4 is 18.2 Å². The summed E-state index contributed by atoms with van der Waals surface area (Å²) in [5.74, 6) is 0.0789. The summed E-state index contributed by atoms with van der Waals surface area (Å²) in [6.07, 6.45) is 3.08. The van der Waals surface area contributed by atoms with E-state index in [0.717, 1.165) is 12.0 Å². The predicted octanol–water partition coefficient (Wildman–Crippen LogP) is 5.84. The second kappa shape index (κ2) is 7.49. The monoisotopic (exact) mass is 408 g/mol. The van der Waals surface area contributed by atoms with Crippen molar-refractivity contribution in [2.75, 3.05) is 5.75 Å². The molecule has 1 aliphatic rings. The first-order valence-electron chi connectivity index (χ1n) is 9.81. The smallest absolute Gasteiger partial charge is 0.192 e. The van der Waals surface area contributed by atoms with Crippen LogP contribution in [-0.2, 0) is 14.3 Å². The topological polar surface area (TPSA) is 43.4 Å². The standard InChI is InChI=1S/C22H36O3SSi/c1-17-14-15-20(25-27(7,8)21(2,3)4)22(5,6)19(17)16-26(23,24)18-12-10-9-11-13-18/h9-14,19-20H,15-16H2,1-8H3/t19-,20+/m1/s1. The van der Waals surface area contributed by atoms with Gasteiger partial charge in [-0.3, -0.25) is 0 Å². The number of hydrogen-bond acceptors (Lipinski definition) is 3. The maximum Gasteiger partial charge on any atom is 0.192 e. The van der Waals surface area contributed by atoms with Crippen molar-refractivity contribution in [2.45, 2.75) is 77.1 Å². The zero-order chi connectivity index (χ0) is 20.7. The van der Waals surface area contributed by atoms with Crippen molar-refractivity contribution < 1.29 is 12.8 Å². The molecule has 0 saturated heterocycles. The lowest BCUT2D eigenvalue weighted by Gasteiger charge is -2.49. The zero-order valence-electron chi connectivity index (χ0n) is 18.2. The van der Waals surface area contributed by atoms with Crippen LogP contribution < -0.4 is 0 Å². The molecule has 1 aromatic rings. The van der Waals surface area contributed by atoms with Gasteiger partial charge in [0.1, 0.15) is 0 Å². The number of hydrogen-bond donors (Lipinski definition) is 0. The van der Waals surface area contributed by atoms with Crippen LogP contribution in [0.3, 0.4) is 0 Å². The Morgan fingerprint density at radius 3 is 2.22 bits per heavy atom. The molecule has 1 aliphatic carbocycles. The van der Waals surface area contributed by atoms with E-state index in [2.05, 4.69) is 60.7 Å². The van der Waals surface area contributed by atoms with Gasteiger partial charge in [-0.25, -0.2) is 8.42 Å². The maximum atomic E-state index is 13.0. The molecule has 1 aromatic carbocycles. The Kier molecular flexibility index (Phi) is 6.21. The fraction of sp³-hybridized carbons (Fsp3) is 0.636. The molecular weight excluding hydrogens is 372 g/mol. The van der Waals surface area contributed by atoms with Crippen LogP contribution in [0, 0.1) is 11.3 Å². The van der Waals surface area contributed by atoms with E-state index >= 15 is 0 Å². The van der Waals surface area contributed by atoms with Crippen LogP contribution in [0.2, 0.25) is 18.1 Å². The minimum absolute atomic E-state index is 0.0399. The summed E-state index contributed by atoms with van der Waals surface area (Å²) in [7, 11) is -5.28. The maximum absolute atomic E-state index is 13.0. The van der Waals surface area contributed by atoms with Crippen LogP contribution in [-0.4, -0.2) is 28.6 Å². The molecule has 0 spiro atoms. The van der Waals surface area contributed by atoms with Crippen LogP contribution in [0.1, 0.15) is 48.0 Å². The van der Waals surface area contributed by atoms with E-state index in [1.54, 1.807) is 24.3 Å². The normalized spacial score (nSPS) is 23.8. The average molecular weight is 409 g/mol. The van der Waals surface area contributed by atoms with Crippen molar-refractivity contribution in [2.24, 2.45) is 11.3 Å². The van der Waals surface area contributed by atoms with Crippen molar-refractivity contribution in [3.63, 3.8) is 0 Å². The third kappa shape index (κ3) is 4.74. The highest BCUT2D eigenvalue weighted by Gasteiger charge is 2.47. The Hall–Kier alpha value is -0.913. The Labute approximate surface area is 167 Å². The highest BCUT2D eigenvalue weighted by Crippen LogP contribution is 2.47. The number of allylic oxidation sites excluding steroid dienone is 1. The van der Waals surface area contributed by atoms with Crippen LogP contribution in [0.5, 0.6) is 0 Å². The quantitative estimate of drug-likeness (QED) is 0.454. The molecule has 2 atom stereocenters. The summed E-state index contributed by atoms with van der Waals surface area (Å²) in [6.45, 7) is 17.7. The van der Waals surface area contributed by atoms with Crippen molar-refractivity contribution in [1.29, 1.82) is 0 Å². The number of sulfone groups is 1. The van der Waals surface area contributed by atoms with Crippen LogP contribution in [0.4, 0.5) is 0 Å². The number of rotatable bonds is 5. The van der Waals surface area contributed by atoms with Gasteiger partial charge in [-0.15, -0.1) is 0 Å². The summed E-state index contributed by atoms with van der Waals surface area (Å²) in [6, 6.07) is 8.79. The van der Waals surface area contributed by atoms with Crippen LogP contribution in [0.15, 0.2) is 46.9 Å². The molecule has 0 N–H and O–H groups in total. The molecule has 0 aliphatic heterocycles. The molecule has 5 heteroatoms. The summed E-state index contributed by atoms with van der Waals surface area (Å²) in [5, 5.41) is 0.130. The lowest BCUT2D eigenvalue weighted by atomic mass is 9.68. The van der Waals surface area contributed by atoms with Gasteiger partial charge in [0.15, 0.2) is 18.2 Å². The van der Waals surface area contributed by atoms with E-state index in [0.29, 0.717) is 4.90 Å². The van der Waals surface area contributed by atoms with Gasteiger partial charge in [-0.05, 0) is 49.0 Å². The average Bonchev–Trinajstić information content (AvgIpc) is 2.54. The second-order valence-electron chi connectivity index (χ2n) is 10.0. The molecule has 0 unspecified atom stereocenters. The molecule has 0 fully saturated rings. The summed E-state index contributed by atoms with van der Waals surface area (Å²) in [5.41, 5.74) is 0.922. The fourth-order valence-corrected chi connectivity index (χ4v) is 6.93. The Morgan fingerprint density at radius 2 is 1.70 bits per heavy atom. The van der Waals surface area contributed by atoms with E-state index in [9.17, 15) is 8.42 Å². The van der Waals surface area contributed by atoms with Gasteiger partial charge in [-0.1, -0.05) is 64.5 Å². The summed E-state index contributed by atoms with van der Waals surface area (Å²) in [4.78, 5) is 0.404. The van der Waals surface area contributed by atoms with Crippen molar-refractivity contribution in [3.05, 3.63) is 42.0 Å². The highest BCUT2D eigenvalue weighted by atomic mass is 32.2. The lowest BCUT2D eigenvalue weighted by Crippen LogP contribution is -2.51. The molecular formula is C22H36O3SSi. The fourth-order valence-electron chi connectivity index (χ4n) is 3.57. The molecule has 3 nitrogen and oxygen atoms in total. The van der Waals surface area contributed by atoms with E-state index in [1.807, 2.05) is 6.07 Å². The molecule has 0 heterocycles. The molecule has 0 bridgehead atoms. The SMILES string of the molecule is CC1=CC[C@H](O[Si](C)(C)C(C)(C)C)C(C)(C)[C@@H]1CS(=O)(=O)c1ccccc1. The van der Waals surface area contributed by atoms with Gasteiger partial charge in [0.25, 0.3) is 0 Å². The van der Waals surface area contributed by atoms with Gasteiger partial charge in [0.2, 0.25) is 0 Å². The third-order valence-corrected chi connectivity index (χ3v) is 12.9. The first-order valence-corrected chi connectivity index (χ1v) is 14.4. The Bertz CT molecular complexity index is 787. The Balaban J connectivity index is 2.32. The first kappa shape index (κ1) is 22.4. The summed E-state index contributed by atoms with van der Waals surface area (Å²) < 4.78 is 32.8. The molecule has 27 heavy (non-hydrogen) atoms. The van der Waals surface area contributed by atoms with E-state index in [-0.39, 0.29) is 28.2 Å². The number of benzene rings is 1. The minimum Gasteiger partial charge on any atom is -0.413 e. The first-order chi connectivity index (χ1) is 12.2. The van der Waals surface area contributed by atoms with Crippen molar-refractivity contribution in [3.8, 4) is 0 Å². The highest BCUT2D eigenvalue weighted by molar-refractivity contribution is 7.91. The van der Waals surface area contributed by atoms with Gasteiger partial charge in [0, 0.05) is 5.92 Å². The molecule has 0 aromatic heterocycles. The van der Waals surface area contributed by atoms with E-state index in [4.69, 9.17) is 4.43 Å². The second-order valence-corrected chi connectivity index (χ2v) is 16.8. The van der Waals surface area contributed by atoms with Gasteiger partial charge in [0.05, 0.1) is 16.8 Å². The van der Waals surface area contributed by atoms with Gasteiger partial charge in [-0.2, -0.15) is 0 Å². The Morgan fingerprint density at radius 1 is 1.15 bits per heavy atom. The third-order valence-electron chi connectivity index (χ3n) is 6.66. The van der Waals surface area contributed by atoms with Crippen molar-refractivity contribution in [1.82, 2.24) is 0 Å². The molecule has 0 radical (unpaired) electrons. The largest absolute Gasteiger partial charge is 0.413 e. The molecule has 0 saturated carbocycles. The lowest BCUT2D eigenvalue weighted by molar-refractivity contribution is 0.0267. The molecule has 0 amide bonds. The predicted molar refractivity (Wildman–Crippen MR) is 116 cm³/mol. The van der Waals surface area contributed by atoms with Gasteiger partial charge >= 0.3 is 0 Å². The molecule has 152 valence electrons. The van der Waals surface area contributed by atoms with E-state index in [1.165, 1.54) is 0 Å². The van der Waals surface area contributed by atoms with Gasteiger partial charge < -0.3 is 4.43 Å². The molecule has 2 rings (SSSR count). The summed E-state index contributed by atoms with van der Waals surface area (Å²) >= 11 is 0. The minimum atomic E-state index is -3.34. The van der Waals surface area contributed by atoms with Crippen LogP contribution in [0.25, 0.3) is 0 Å². The zero-order valence-corrected chi connectivity index (χ0v) is 20.0.